The summed E-state index contributed by atoms with van der Waals surface area (Å²) in [6.07, 6.45) is -0.0669. The number of nitrogens with one attached hydrogen (secondary N) is 2. The summed E-state index contributed by atoms with van der Waals surface area (Å²) in [6, 6.07) is 22.1. The van der Waals surface area contributed by atoms with Gasteiger partial charge in [0.1, 0.15) is 5.75 Å². The number of hydrogen-bond acceptors (Lipinski definition) is 5. The van der Waals surface area contributed by atoms with Crippen LogP contribution in [0.25, 0.3) is 0 Å². The van der Waals surface area contributed by atoms with E-state index in [9.17, 15) is 20.1 Å². The van der Waals surface area contributed by atoms with Crippen molar-refractivity contribution >= 4 is 5.91 Å². The summed E-state index contributed by atoms with van der Waals surface area (Å²) < 4.78 is 0. The van der Waals surface area contributed by atoms with Crippen LogP contribution in [0.5, 0.6) is 5.75 Å². The van der Waals surface area contributed by atoms with Crippen LogP contribution in [0.1, 0.15) is 45.6 Å². The Balaban J connectivity index is 1.51. The van der Waals surface area contributed by atoms with E-state index in [1.165, 1.54) is 6.07 Å². The number of aromatic hydroxyl groups is 1. The molecule has 0 spiro atoms. The second-order valence-electron chi connectivity index (χ2n) is 7.94. The van der Waals surface area contributed by atoms with E-state index < -0.39 is 6.10 Å². The predicted molar refractivity (Wildman–Crippen MR) is 124 cm³/mol. The lowest BCUT2D eigenvalue weighted by Gasteiger charge is -2.18. The molecule has 3 aromatic carbocycles. The molecular weight excluding hydrogens is 404 g/mol. The number of phenols is 1. The van der Waals surface area contributed by atoms with Crippen LogP contribution in [-0.2, 0) is 19.6 Å². The van der Waals surface area contributed by atoms with E-state index in [2.05, 4.69) is 10.6 Å². The molecule has 3 rings (SSSR count). The van der Waals surface area contributed by atoms with E-state index in [0.717, 1.165) is 11.1 Å². The molecule has 2 atom stereocenters. The summed E-state index contributed by atoms with van der Waals surface area (Å²) in [5.74, 6) is -0.101. The van der Waals surface area contributed by atoms with Gasteiger partial charge in [0, 0.05) is 30.3 Å². The van der Waals surface area contributed by atoms with Crippen LogP contribution in [0.4, 0.5) is 0 Å². The maximum absolute atomic E-state index is 12.5. The van der Waals surface area contributed by atoms with Gasteiger partial charge in [-0.25, -0.2) is 0 Å². The zero-order valence-corrected chi connectivity index (χ0v) is 18.2. The number of carbonyl (C=O) groups excluding carboxylic acids is 1. The number of carbonyl (C=O) groups is 1. The van der Waals surface area contributed by atoms with E-state index in [1.807, 2.05) is 55.5 Å². The molecule has 6 nitrogen and oxygen atoms in total. The largest absolute Gasteiger partial charge is 0.508 e. The highest BCUT2D eigenvalue weighted by Gasteiger charge is 2.13. The van der Waals surface area contributed by atoms with Crippen LogP contribution >= 0.6 is 0 Å². The third-order valence-corrected chi connectivity index (χ3v) is 5.35. The first-order valence-corrected chi connectivity index (χ1v) is 10.7. The monoisotopic (exact) mass is 434 g/mol. The van der Waals surface area contributed by atoms with Gasteiger partial charge in [0.05, 0.1) is 12.7 Å². The first-order chi connectivity index (χ1) is 15.5. The van der Waals surface area contributed by atoms with Gasteiger partial charge < -0.3 is 26.0 Å². The van der Waals surface area contributed by atoms with E-state index in [1.54, 1.807) is 18.2 Å². The van der Waals surface area contributed by atoms with Crippen molar-refractivity contribution in [3.05, 3.63) is 101 Å². The number of hydrogen-bond donors (Lipinski definition) is 5. The van der Waals surface area contributed by atoms with Crippen molar-refractivity contribution < 1.29 is 20.1 Å². The number of benzene rings is 3. The molecule has 3 aromatic rings. The molecule has 5 N–H and O–H groups in total. The Hall–Kier alpha value is -3.19. The van der Waals surface area contributed by atoms with Gasteiger partial charge in [0.15, 0.2) is 0 Å². The third-order valence-electron chi connectivity index (χ3n) is 5.35. The summed E-state index contributed by atoms with van der Waals surface area (Å²) in [6.45, 7) is 2.54. The standard InChI is InChI=1S/C26H30N2O4/c1-18(27-16-25(31)21-10-11-24(30)23(14-21)17-29)12-20-8-5-9-22(13-20)26(32)28-15-19-6-3-2-4-7-19/h2-11,13-14,18,25,27,29-31H,12,15-17H2,1H3,(H,28,32)/t18-,25-/m1/s1. The Bertz CT molecular complexity index is 1020. The topological polar surface area (TPSA) is 102 Å². The lowest BCUT2D eigenvalue weighted by Crippen LogP contribution is -2.32. The van der Waals surface area contributed by atoms with Gasteiger partial charge in [0.25, 0.3) is 5.91 Å². The smallest absolute Gasteiger partial charge is 0.251 e. The second kappa shape index (κ2) is 11.4. The molecule has 0 unspecified atom stereocenters. The van der Waals surface area contributed by atoms with Crippen LogP contribution in [-0.4, -0.2) is 33.8 Å². The average Bonchev–Trinajstić information content (AvgIpc) is 2.82. The molecule has 0 saturated carbocycles. The molecule has 0 aromatic heterocycles. The Morgan fingerprint density at radius 3 is 2.47 bits per heavy atom. The summed E-state index contributed by atoms with van der Waals surface area (Å²) in [7, 11) is 0. The molecule has 0 heterocycles. The van der Waals surface area contributed by atoms with E-state index >= 15 is 0 Å². The molecule has 0 aliphatic heterocycles. The van der Waals surface area contributed by atoms with Gasteiger partial charge >= 0.3 is 0 Å². The van der Waals surface area contributed by atoms with Crippen molar-refractivity contribution in [3.63, 3.8) is 0 Å². The Labute approximate surface area is 188 Å². The van der Waals surface area contributed by atoms with E-state index in [-0.39, 0.29) is 24.3 Å². The number of amides is 1. The molecule has 1 amide bonds. The van der Waals surface area contributed by atoms with Crippen molar-refractivity contribution in [2.75, 3.05) is 6.54 Å². The molecule has 168 valence electrons. The lowest BCUT2D eigenvalue weighted by atomic mass is 10.0. The Kier molecular flexibility index (Phi) is 8.39. The first-order valence-electron chi connectivity index (χ1n) is 10.7. The molecule has 0 aliphatic carbocycles. The average molecular weight is 435 g/mol. The van der Waals surface area contributed by atoms with Crippen LogP contribution < -0.4 is 10.6 Å². The zero-order valence-electron chi connectivity index (χ0n) is 18.2. The van der Waals surface area contributed by atoms with Crippen LogP contribution in [0.3, 0.4) is 0 Å². The second-order valence-corrected chi connectivity index (χ2v) is 7.94. The van der Waals surface area contributed by atoms with Gasteiger partial charge in [-0.3, -0.25) is 4.79 Å². The normalized spacial score (nSPS) is 12.8. The molecule has 0 bridgehead atoms. The molecule has 0 saturated heterocycles. The summed E-state index contributed by atoms with van der Waals surface area (Å²) in [5, 5.41) is 35.6. The van der Waals surface area contributed by atoms with Crippen molar-refractivity contribution in [2.24, 2.45) is 0 Å². The van der Waals surface area contributed by atoms with Crippen LogP contribution in [0, 0.1) is 0 Å². The summed E-state index contributed by atoms with van der Waals surface area (Å²) in [4.78, 5) is 12.5. The minimum atomic E-state index is -0.765. The highest BCUT2D eigenvalue weighted by Crippen LogP contribution is 2.22. The molecule has 0 fully saturated rings. The minimum Gasteiger partial charge on any atom is -0.508 e. The fraction of sp³-hybridized carbons (Fsp3) is 0.269. The third kappa shape index (κ3) is 6.65. The van der Waals surface area contributed by atoms with Gasteiger partial charge in [0.2, 0.25) is 0 Å². The molecular formula is C26H30N2O4. The van der Waals surface area contributed by atoms with Gasteiger partial charge in [-0.15, -0.1) is 0 Å². The molecule has 0 radical (unpaired) electrons. The predicted octanol–water partition coefficient (Wildman–Crippen LogP) is 3.07. The highest BCUT2D eigenvalue weighted by atomic mass is 16.3. The Morgan fingerprint density at radius 2 is 1.72 bits per heavy atom. The van der Waals surface area contributed by atoms with Crippen LogP contribution in [0.2, 0.25) is 0 Å². The quantitative estimate of drug-likeness (QED) is 0.338. The van der Waals surface area contributed by atoms with Crippen molar-refractivity contribution in [2.45, 2.75) is 38.6 Å². The number of aliphatic hydroxyl groups is 2. The van der Waals surface area contributed by atoms with Crippen LogP contribution in [0.15, 0.2) is 72.8 Å². The molecule has 32 heavy (non-hydrogen) atoms. The SMILES string of the molecule is C[C@H](Cc1cccc(C(=O)NCc2ccccc2)c1)NC[C@@H](O)c1ccc(O)c(CO)c1. The highest BCUT2D eigenvalue weighted by molar-refractivity contribution is 5.94. The maximum atomic E-state index is 12.5. The van der Waals surface area contributed by atoms with Gasteiger partial charge in [-0.05, 0) is 54.3 Å². The fourth-order valence-electron chi connectivity index (χ4n) is 3.52. The maximum Gasteiger partial charge on any atom is 0.251 e. The number of rotatable bonds is 10. The van der Waals surface area contributed by atoms with Crippen molar-refractivity contribution in [1.29, 1.82) is 0 Å². The summed E-state index contributed by atoms with van der Waals surface area (Å²) in [5.41, 5.74) is 3.71. The van der Waals surface area contributed by atoms with E-state index in [0.29, 0.717) is 36.2 Å². The van der Waals surface area contributed by atoms with Gasteiger partial charge in [-0.1, -0.05) is 48.5 Å². The number of aliphatic hydroxyl groups excluding tert-OH is 2. The fourth-order valence-corrected chi connectivity index (χ4v) is 3.52. The lowest BCUT2D eigenvalue weighted by molar-refractivity contribution is 0.0950. The first kappa shape index (κ1) is 23.5. The van der Waals surface area contributed by atoms with Crippen molar-refractivity contribution in [1.82, 2.24) is 10.6 Å². The van der Waals surface area contributed by atoms with Gasteiger partial charge in [-0.2, -0.15) is 0 Å². The van der Waals surface area contributed by atoms with E-state index in [4.69, 9.17) is 0 Å². The Morgan fingerprint density at radius 1 is 0.969 bits per heavy atom. The minimum absolute atomic E-state index is 0.0115. The molecule has 6 heteroatoms. The zero-order chi connectivity index (χ0) is 22.9. The molecule has 0 aliphatic rings. The van der Waals surface area contributed by atoms with Crippen molar-refractivity contribution in [3.8, 4) is 5.75 Å². The summed E-state index contributed by atoms with van der Waals surface area (Å²) >= 11 is 0.